The van der Waals surface area contributed by atoms with E-state index in [0.29, 0.717) is 0 Å². The maximum absolute atomic E-state index is 11.3. The van der Waals surface area contributed by atoms with E-state index < -0.39 is 54.7 Å². The number of aliphatic hydroxyl groups excluding tert-OH is 3. The van der Waals surface area contributed by atoms with Crippen molar-refractivity contribution < 1.29 is 39.5 Å². The Morgan fingerprint density at radius 1 is 1.45 bits per heavy atom. The van der Waals surface area contributed by atoms with Crippen LogP contribution in [0.2, 0.25) is 0 Å². The van der Waals surface area contributed by atoms with Crippen LogP contribution in [-0.2, 0) is 19.1 Å². The van der Waals surface area contributed by atoms with E-state index in [4.69, 9.17) is 19.7 Å². The molecule has 0 bridgehead atoms. The van der Waals surface area contributed by atoms with Gasteiger partial charge in [-0.1, -0.05) is 0 Å². The predicted octanol–water partition coefficient (Wildman–Crippen LogP) is -2.02. The highest BCUT2D eigenvalue weighted by molar-refractivity contribution is 5.84. The van der Waals surface area contributed by atoms with Gasteiger partial charge in [-0.2, -0.15) is 0 Å². The SMILES string of the molecule is CCOC1C=C(C(=O)O)O[C@@H](C(O)C(O)CO)C1NC(C)=O. The number of aliphatic hydroxyl groups is 3. The molecule has 1 aliphatic rings. The minimum Gasteiger partial charge on any atom is -0.478 e. The molecule has 9 heteroatoms. The molecule has 0 saturated carbocycles. The molecule has 0 saturated heterocycles. The van der Waals surface area contributed by atoms with Gasteiger partial charge in [0.2, 0.25) is 11.7 Å². The van der Waals surface area contributed by atoms with Crippen molar-refractivity contribution in [2.75, 3.05) is 13.2 Å². The lowest BCUT2D eigenvalue weighted by Crippen LogP contribution is -2.60. The normalized spacial score (nSPS) is 27.3. The van der Waals surface area contributed by atoms with Gasteiger partial charge < -0.3 is 35.2 Å². The molecule has 4 unspecified atom stereocenters. The highest BCUT2D eigenvalue weighted by atomic mass is 16.5. The zero-order chi connectivity index (χ0) is 16.9. The average Bonchev–Trinajstić information content (AvgIpc) is 2.46. The summed E-state index contributed by atoms with van der Waals surface area (Å²) in [4.78, 5) is 22.4. The Labute approximate surface area is 127 Å². The molecule has 0 aromatic carbocycles. The minimum absolute atomic E-state index is 0.232. The fourth-order valence-corrected chi connectivity index (χ4v) is 2.17. The molecule has 5 atom stereocenters. The number of carbonyl (C=O) groups is 2. The van der Waals surface area contributed by atoms with Crippen molar-refractivity contribution in [1.82, 2.24) is 5.32 Å². The summed E-state index contributed by atoms with van der Waals surface area (Å²) in [6, 6.07) is -0.920. The molecule has 0 aliphatic carbocycles. The van der Waals surface area contributed by atoms with Crippen molar-refractivity contribution in [3.05, 3.63) is 11.8 Å². The molecular formula is C13H21NO8. The van der Waals surface area contributed by atoms with E-state index >= 15 is 0 Å². The van der Waals surface area contributed by atoms with Crippen LogP contribution in [0.3, 0.4) is 0 Å². The second-order valence-electron chi connectivity index (χ2n) is 4.81. The third-order valence-corrected chi connectivity index (χ3v) is 3.14. The Morgan fingerprint density at radius 3 is 2.55 bits per heavy atom. The third-order valence-electron chi connectivity index (χ3n) is 3.14. The predicted molar refractivity (Wildman–Crippen MR) is 72.7 cm³/mol. The summed E-state index contributed by atoms with van der Waals surface area (Å²) in [6.45, 7) is 2.41. The van der Waals surface area contributed by atoms with Gasteiger partial charge >= 0.3 is 5.97 Å². The quantitative estimate of drug-likeness (QED) is 0.361. The number of hydrogen-bond acceptors (Lipinski definition) is 7. The summed E-state index contributed by atoms with van der Waals surface area (Å²) in [6.07, 6.45) is -4.15. The van der Waals surface area contributed by atoms with Gasteiger partial charge in [-0.15, -0.1) is 0 Å². The van der Waals surface area contributed by atoms with Crippen LogP contribution < -0.4 is 5.32 Å². The van der Waals surface area contributed by atoms with Crippen LogP contribution in [0.25, 0.3) is 0 Å². The van der Waals surface area contributed by atoms with Crippen molar-refractivity contribution in [3.63, 3.8) is 0 Å². The van der Waals surface area contributed by atoms with Gasteiger partial charge in [-0.25, -0.2) is 4.79 Å². The first-order chi connectivity index (χ1) is 10.3. The molecule has 22 heavy (non-hydrogen) atoms. The fraction of sp³-hybridized carbons (Fsp3) is 0.692. The number of hydrogen-bond donors (Lipinski definition) is 5. The maximum atomic E-state index is 11.3. The third kappa shape index (κ3) is 4.41. The standard InChI is InChI=1S/C13H21NO8/c1-3-21-8-4-9(13(19)20)22-12(10(8)14-6(2)16)11(18)7(17)5-15/h4,7-8,10-12,15,17-18H,3,5H2,1-2H3,(H,14,16)(H,19,20)/t7?,8?,10?,11?,12-/m1/s1. The van der Waals surface area contributed by atoms with Crippen LogP contribution in [0.15, 0.2) is 11.8 Å². The zero-order valence-corrected chi connectivity index (χ0v) is 12.3. The van der Waals surface area contributed by atoms with Gasteiger partial charge in [0, 0.05) is 13.5 Å². The van der Waals surface area contributed by atoms with Crippen LogP contribution in [0.1, 0.15) is 13.8 Å². The van der Waals surface area contributed by atoms with Gasteiger partial charge in [-0.05, 0) is 13.0 Å². The molecule has 0 radical (unpaired) electrons. The largest absolute Gasteiger partial charge is 0.478 e. The molecule has 126 valence electrons. The Balaban J connectivity index is 3.15. The van der Waals surface area contributed by atoms with Gasteiger partial charge in [0.15, 0.2) is 6.10 Å². The number of carboxylic acid groups (broad SMARTS) is 1. The first-order valence-electron chi connectivity index (χ1n) is 6.79. The van der Waals surface area contributed by atoms with E-state index in [9.17, 15) is 19.8 Å². The van der Waals surface area contributed by atoms with Crippen molar-refractivity contribution in [2.45, 2.75) is 44.3 Å². The van der Waals surface area contributed by atoms with Crippen molar-refractivity contribution in [1.29, 1.82) is 0 Å². The second-order valence-corrected chi connectivity index (χ2v) is 4.81. The number of carboxylic acids is 1. The summed E-state index contributed by atoms with van der Waals surface area (Å²) in [5.41, 5.74) is 0. The molecule has 1 amide bonds. The van der Waals surface area contributed by atoms with Crippen LogP contribution >= 0.6 is 0 Å². The van der Waals surface area contributed by atoms with E-state index in [-0.39, 0.29) is 6.61 Å². The number of carbonyl (C=O) groups excluding carboxylic acids is 1. The van der Waals surface area contributed by atoms with E-state index in [1.165, 1.54) is 13.0 Å². The summed E-state index contributed by atoms with van der Waals surface area (Å²) >= 11 is 0. The topological polar surface area (TPSA) is 146 Å². The smallest absolute Gasteiger partial charge is 0.370 e. The van der Waals surface area contributed by atoms with E-state index in [1.807, 2.05) is 0 Å². The molecule has 1 aliphatic heterocycles. The minimum atomic E-state index is -1.62. The Morgan fingerprint density at radius 2 is 2.09 bits per heavy atom. The average molecular weight is 319 g/mol. The Bertz CT molecular complexity index is 438. The van der Waals surface area contributed by atoms with Crippen LogP contribution in [0.5, 0.6) is 0 Å². The first-order valence-corrected chi connectivity index (χ1v) is 6.79. The number of amides is 1. The number of rotatable bonds is 7. The first kappa shape index (κ1) is 18.4. The van der Waals surface area contributed by atoms with E-state index in [1.54, 1.807) is 6.92 Å². The molecule has 5 N–H and O–H groups in total. The fourth-order valence-electron chi connectivity index (χ4n) is 2.17. The molecule has 1 heterocycles. The highest BCUT2D eigenvalue weighted by Gasteiger charge is 2.43. The van der Waals surface area contributed by atoms with Gasteiger partial charge in [0.25, 0.3) is 0 Å². The molecule has 1 rings (SSSR count). The lowest BCUT2D eigenvalue weighted by molar-refractivity contribution is -0.151. The Kier molecular flexibility index (Phi) is 6.75. The monoisotopic (exact) mass is 319 g/mol. The number of nitrogens with one attached hydrogen (secondary N) is 1. The molecule has 9 nitrogen and oxygen atoms in total. The lowest BCUT2D eigenvalue weighted by Gasteiger charge is -2.39. The summed E-state index contributed by atoms with van der Waals surface area (Å²) in [5, 5.41) is 40.1. The molecule has 0 aromatic rings. The summed E-state index contributed by atoms with van der Waals surface area (Å²) in [7, 11) is 0. The Hall–Kier alpha value is -1.68. The second kappa shape index (κ2) is 8.08. The van der Waals surface area contributed by atoms with E-state index in [2.05, 4.69) is 5.32 Å². The summed E-state index contributed by atoms with van der Waals surface area (Å²) in [5.74, 6) is -2.28. The van der Waals surface area contributed by atoms with Gasteiger partial charge in [0.05, 0.1) is 12.6 Å². The van der Waals surface area contributed by atoms with Crippen molar-refractivity contribution >= 4 is 11.9 Å². The molecule has 0 spiro atoms. The number of aliphatic carboxylic acids is 1. The van der Waals surface area contributed by atoms with Gasteiger partial charge in [-0.3, -0.25) is 4.79 Å². The molecule has 0 aromatic heterocycles. The molecular weight excluding hydrogens is 298 g/mol. The van der Waals surface area contributed by atoms with Crippen LogP contribution in [0, 0.1) is 0 Å². The zero-order valence-electron chi connectivity index (χ0n) is 12.3. The highest BCUT2D eigenvalue weighted by Crippen LogP contribution is 2.24. The lowest BCUT2D eigenvalue weighted by atomic mass is 9.93. The van der Waals surface area contributed by atoms with Crippen LogP contribution in [0.4, 0.5) is 0 Å². The molecule has 0 fully saturated rings. The van der Waals surface area contributed by atoms with E-state index in [0.717, 1.165) is 0 Å². The summed E-state index contributed by atoms with van der Waals surface area (Å²) < 4.78 is 10.5. The van der Waals surface area contributed by atoms with Gasteiger partial charge in [0.1, 0.15) is 18.3 Å². The van der Waals surface area contributed by atoms with Crippen molar-refractivity contribution in [2.24, 2.45) is 0 Å². The number of ether oxygens (including phenoxy) is 2. The van der Waals surface area contributed by atoms with Crippen LogP contribution in [-0.4, -0.2) is 76.0 Å². The van der Waals surface area contributed by atoms with Crippen molar-refractivity contribution in [3.8, 4) is 0 Å². The maximum Gasteiger partial charge on any atom is 0.370 e.